The zero-order valence-corrected chi connectivity index (χ0v) is 17.9. The number of rotatable bonds is 4. The van der Waals surface area contributed by atoms with Crippen LogP contribution >= 0.6 is 0 Å². The first-order valence-electron chi connectivity index (χ1n) is 11.2. The third-order valence-corrected chi connectivity index (χ3v) is 6.50. The van der Waals surface area contributed by atoms with Gasteiger partial charge in [0.1, 0.15) is 11.5 Å². The first-order chi connectivity index (χ1) is 16.3. The molecule has 5 heterocycles. The van der Waals surface area contributed by atoms with E-state index in [1.54, 1.807) is 0 Å². The molecule has 160 valence electrons. The van der Waals surface area contributed by atoms with Crippen molar-refractivity contribution in [2.45, 2.75) is 0 Å². The van der Waals surface area contributed by atoms with Gasteiger partial charge in [-0.25, -0.2) is 15.0 Å². The molecule has 7 rings (SSSR count). The molecule has 4 aromatic rings. The fraction of sp³-hybridized carbons (Fsp3) is 0.154. The van der Waals surface area contributed by atoms with E-state index in [0.29, 0.717) is 5.82 Å². The summed E-state index contributed by atoms with van der Waals surface area (Å²) in [5.41, 5.74) is 7.16. The average Bonchev–Trinajstić information content (AvgIpc) is 3.20. The molecular weight excluding hydrogens is 410 g/mol. The maximum atomic E-state index is 5.17. The summed E-state index contributed by atoms with van der Waals surface area (Å²) in [5, 5.41) is 5.53. The fourth-order valence-corrected chi connectivity index (χ4v) is 4.63. The second kappa shape index (κ2) is 7.21. The van der Waals surface area contributed by atoms with E-state index in [-0.39, 0.29) is 0 Å². The zero-order valence-electron chi connectivity index (χ0n) is 17.9. The Morgan fingerprint density at radius 1 is 0.909 bits per heavy atom. The molecule has 2 N–H and O–H groups in total. The van der Waals surface area contributed by atoms with E-state index in [1.807, 2.05) is 30.7 Å². The van der Waals surface area contributed by atoms with Gasteiger partial charge in [0.2, 0.25) is 0 Å². The number of nitrogens with zero attached hydrogens (tertiary/aromatic N) is 5. The van der Waals surface area contributed by atoms with Gasteiger partial charge in [-0.05, 0) is 23.3 Å². The average molecular weight is 432 g/mol. The zero-order chi connectivity index (χ0) is 21.8. The van der Waals surface area contributed by atoms with Crippen LogP contribution in [0.15, 0.2) is 67.2 Å². The van der Waals surface area contributed by atoms with Crippen LogP contribution in [0.4, 0.5) is 5.82 Å². The number of allylic oxidation sites excluding steroid dienone is 8. The Hall–Kier alpha value is -4.10. The smallest absolute Gasteiger partial charge is 0.163 e. The number of piperazine rings is 1. The first kappa shape index (κ1) is 18.5. The molecule has 0 atom stereocenters. The van der Waals surface area contributed by atoms with E-state index < -0.39 is 0 Å². The van der Waals surface area contributed by atoms with Gasteiger partial charge >= 0.3 is 0 Å². The lowest BCUT2D eigenvalue weighted by atomic mass is 9.97. The van der Waals surface area contributed by atoms with E-state index in [9.17, 15) is 0 Å². The van der Waals surface area contributed by atoms with Crippen LogP contribution in [-0.4, -0.2) is 51.1 Å². The molecule has 0 saturated carbocycles. The van der Waals surface area contributed by atoms with E-state index in [2.05, 4.69) is 61.6 Å². The van der Waals surface area contributed by atoms with Crippen molar-refractivity contribution in [2.75, 3.05) is 31.1 Å². The molecule has 0 aromatic carbocycles. The summed E-state index contributed by atoms with van der Waals surface area (Å²) in [5.74, 6) is 1.67. The second-order valence-electron chi connectivity index (χ2n) is 8.46. The molecule has 7 nitrogen and oxygen atoms in total. The lowest BCUT2D eigenvalue weighted by Gasteiger charge is -2.30. The highest BCUT2D eigenvalue weighted by atomic mass is 15.2. The summed E-state index contributed by atoms with van der Waals surface area (Å²) in [7, 11) is 0. The van der Waals surface area contributed by atoms with Crippen LogP contribution in [0.3, 0.4) is 0 Å². The topological polar surface area (TPSA) is 82.6 Å². The Morgan fingerprint density at radius 2 is 1.73 bits per heavy atom. The van der Waals surface area contributed by atoms with E-state index in [0.717, 1.165) is 70.8 Å². The van der Waals surface area contributed by atoms with E-state index in [1.165, 1.54) is 11.1 Å². The molecule has 1 aliphatic heterocycles. The van der Waals surface area contributed by atoms with Gasteiger partial charge in [0.25, 0.3) is 0 Å². The van der Waals surface area contributed by atoms with Crippen molar-refractivity contribution in [3.63, 3.8) is 0 Å². The van der Waals surface area contributed by atoms with Crippen LogP contribution < -0.4 is 10.2 Å². The standard InChI is InChI=1S/C26H21N7/c1-3-16(4-1)20-14-28-15-22-23(20)26(33-11-9-27-10-12-33)32-25(31-22)18-7-8-29-24-19(18)13-21(30-24)17-5-2-6-17/h1-8,13-15,27H,9-12H2,(H,29,30). The van der Waals surface area contributed by atoms with Gasteiger partial charge in [-0.1, -0.05) is 36.5 Å². The molecule has 1 saturated heterocycles. The Morgan fingerprint density at radius 3 is 2.48 bits per heavy atom. The largest absolute Gasteiger partial charge is 0.353 e. The number of hydrogen-bond acceptors (Lipinski definition) is 6. The van der Waals surface area contributed by atoms with Crippen molar-refractivity contribution in [2.24, 2.45) is 0 Å². The lowest BCUT2D eigenvalue weighted by molar-refractivity contribution is 0.586. The Balaban J connectivity index is 1.46. The van der Waals surface area contributed by atoms with Gasteiger partial charge < -0.3 is 15.2 Å². The Bertz CT molecular complexity index is 1550. The highest BCUT2D eigenvalue weighted by Gasteiger charge is 2.22. The van der Waals surface area contributed by atoms with Gasteiger partial charge in [0.05, 0.1) is 17.1 Å². The SMILES string of the molecule is C1=CC(c2cc3c(-c4nc(N5CCNCC5)c5c(C6=CC=C6)cncc5n4)ccnc3[nH]2)=C1. The van der Waals surface area contributed by atoms with Crippen molar-refractivity contribution in [3.05, 3.63) is 78.4 Å². The normalized spacial score (nSPS) is 17.2. The first-order valence-corrected chi connectivity index (χ1v) is 11.2. The maximum absolute atomic E-state index is 5.17. The van der Waals surface area contributed by atoms with Gasteiger partial charge in [0, 0.05) is 60.8 Å². The monoisotopic (exact) mass is 431 g/mol. The number of fused-ring (bicyclic) bond motifs is 2. The molecule has 0 unspecified atom stereocenters. The molecule has 2 aliphatic carbocycles. The number of nitrogens with one attached hydrogen (secondary N) is 2. The van der Waals surface area contributed by atoms with Crippen molar-refractivity contribution in [3.8, 4) is 11.4 Å². The summed E-state index contributed by atoms with van der Waals surface area (Å²) in [6.45, 7) is 3.69. The van der Waals surface area contributed by atoms with Gasteiger partial charge in [-0.2, -0.15) is 0 Å². The molecule has 0 bridgehead atoms. The number of aromatic amines is 1. The second-order valence-corrected chi connectivity index (χ2v) is 8.46. The fourth-order valence-electron chi connectivity index (χ4n) is 4.63. The highest BCUT2D eigenvalue weighted by molar-refractivity contribution is 6.03. The lowest BCUT2D eigenvalue weighted by Crippen LogP contribution is -2.44. The van der Waals surface area contributed by atoms with Crippen molar-refractivity contribution in [1.82, 2.24) is 30.2 Å². The van der Waals surface area contributed by atoms with Crippen LogP contribution in [0.25, 0.3) is 44.5 Å². The summed E-state index contributed by atoms with van der Waals surface area (Å²) in [6, 6.07) is 4.14. The molecule has 33 heavy (non-hydrogen) atoms. The maximum Gasteiger partial charge on any atom is 0.163 e. The van der Waals surface area contributed by atoms with Crippen molar-refractivity contribution in [1.29, 1.82) is 0 Å². The van der Waals surface area contributed by atoms with E-state index in [4.69, 9.17) is 9.97 Å². The number of hydrogen-bond donors (Lipinski definition) is 2. The summed E-state index contributed by atoms with van der Waals surface area (Å²) >= 11 is 0. The summed E-state index contributed by atoms with van der Waals surface area (Å²) in [6.07, 6.45) is 18.1. The molecule has 7 heteroatoms. The van der Waals surface area contributed by atoms with Crippen LogP contribution in [0.5, 0.6) is 0 Å². The molecule has 4 aromatic heterocycles. The predicted molar refractivity (Wildman–Crippen MR) is 132 cm³/mol. The summed E-state index contributed by atoms with van der Waals surface area (Å²) < 4.78 is 0. The van der Waals surface area contributed by atoms with Gasteiger partial charge in [-0.3, -0.25) is 4.98 Å². The number of pyridine rings is 2. The van der Waals surface area contributed by atoms with Crippen LogP contribution in [0.2, 0.25) is 0 Å². The quantitative estimate of drug-likeness (QED) is 0.510. The minimum Gasteiger partial charge on any atom is -0.353 e. The minimum absolute atomic E-state index is 0.698. The van der Waals surface area contributed by atoms with Gasteiger partial charge in [0.15, 0.2) is 5.82 Å². The number of H-pyrrole nitrogens is 1. The summed E-state index contributed by atoms with van der Waals surface area (Å²) in [4.78, 5) is 25.0. The third kappa shape index (κ3) is 2.93. The third-order valence-electron chi connectivity index (χ3n) is 6.50. The molecule has 1 fully saturated rings. The van der Waals surface area contributed by atoms with Crippen molar-refractivity contribution >= 4 is 38.9 Å². The molecule has 3 aliphatic rings. The van der Waals surface area contributed by atoms with Gasteiger partial charge in [-0.15, -0.1) is 0 Å². The van der Waals surface area contributed by atoms with Crippen LogP contribution in [0, 0.1) is 0 Å². The molecule has 0 spiro atoms. The Kier molecular flexibility index (Phi) is 4.04. The van der Waals surface area contributed by atoms with E-state index >= 15 is 0 Å². The minimum atomic E-state index is 0.698. The molecular formula is C26H21N7. The van der Waals surface area contributed by atoms with Crippen LogP contribution in [0.1, 0.15) is 11.3 Å². The van der Waals surface area contributed by atoms with Crippen molar-refractivity contribution < 1.29 is 0 Å². The molecule has 0 radical (unpaired) electrons. The number of anilines is 1. The highest BCUT2D eigenvalue weighted by Crippen LogP contribution is 2.37. The van der Waals surface area contributed by atoms with Crippen LogP contribution in [-0.2, 0) is 0 Å². The predicted octanol–water partition coefficient (Wildman–Crippen LogP) is 3.88. The molecule has 0 amide bonds. The Labute approximate surface area is 190 Å². The number of aromatic nitrogens is 5.